The quantitative estimate of drug-likeness (QED) is 0.598. The van der Waals surface area contributed by atoms with Crippen molar-refractivity contribution in [1.82, 2.24) is 0 Å². The normalized spacial score (nSPS) is 13.0. The molecule has 1 aromatic rings. The molecular formula is C11H12F3. The summed E-state index contributed by atoms with van der Waals surface area (Å²) in [5.41, 5.74) is -0.781. The SMILES string of the molecule is CC(C)(C)c1cc[c]cc1C(F)(F)F. The average molecular weight is 201 g/mol. The molecule has 0 saturated carbocycles. The Morgan fingerprint density at radius 1 is 1.07 bits per heavy atom. The Hall–Kier alpha value is -0.990. The summed E-state index contributed by atoms with van der Waals surface area (Å²) in [6, 6.07) is 6.45. The fourth-order valence-corrected chi connectivity index (χ4v) is 1.32. The van der Waals surface area contributed by atoms with Crippen LogP contribution in [0.5, 0.6) is 0 Å². The maximum Gasteiger partial charge on any atom is 0.416 e. The molecule has 0 aliphatic heterocycles. The van der Waals surface area contributed by atoms with E-state index in [2.05, 4.69) is 6.07 Å². The Morgan fingerprint density at radius 3 is 2.00 bits per heavy atom. The van der Waals surface area contributed by atoms with E-state index in [1.165, 1.54) is 12.1 Å². The van der Waals surface area contributed by atoms with Crippen LogP contribution in [-0.4, -0.2) is 0 Å². The molecule has 0 aliphatic carbocycles. The van der Waals surface area contributed by atoms with Gasteiger partial charge in [-0.25, -0.2) is 0 Å². The molecule has 0 spiro atoms. The first-order valence-electron chi connectivity index (χ1n) is 4.30. The van der Waals surface area contributed by atoms with Crippen molar-refractivity contribution in [2.24, 2.45) is 0 Å². The monoisotopic (exact) mass is 201 g/mol. The predicted molar refractivity (Wildman–Crippen MR) is 49.0 cm³/mol. The summed E-state index contributed by atoms with van der Waals surface area (Å²) in [4.78, 5) is 0. The summed E-state index contributed by atoms with van der Waals surface area (Å²) in [5.74, 6) is 0. The molecule has 14 heavy (non-hydrogen) atoms. The summed E-state index contributed by atoms with van der Waals surface area (Å²) in [7, 11) is 0. The van der Waals surface area contributed by atoms with Crippen molar-refractivity contribution in [2.75, 3.05) is 0 Å². The molecule has 0 saturated heterocycles. The highest BCUT2D eigenvalue weighted by Crippen LogP contribution is 2.36. The van der Waals surface area contributed by atoms with Gasteiger partial charge in [-0.2, -0.15) is 13.2 Å². The Kier molecular flexibility index (Phi) is 2.61. The Bertz CT molecular complexity index is 285. The van der Waals surface area contributed by atoms with Gasteiger partial charge in [0.05, 0.1) is 5.56 Å². The molecule has 77 valence electrons. The lowest BCUT2D eigenvalue weighted by molar-refractivity contribution is -0.138. The molecule has 0 atom stereocenters. The summed E-state index contributed by atoms with van der Waals surface area (Å²) in [6.07, 6.45) is -4.29. The van der Waals surface area contributed by atoms with Gasteiger partial charge in [-0.3, -0.25) is 0 Å². The van der Waals surface area contributed by atoms with Crippen LogP contribution in [0, 0.1) is 6.07 Å². The van der Waals surface area contributed by atoms with Gasteiger partial charge in [0, 0.05) is 0 Å². The molecule has 0 aliphatic rings. The van der Waals surface area contributed by atoms with E-state index in [0.717, 1.165) is 6.07 Å². The van der Waals surface area contributed by atoms with E-state index in [0.29, 0.717) is 5.56 Å². The van der Waals surface area contributed by atoms with Crippen LogP contribution in [0.4, 0.5) is 13.2 Å². The molecule has 0 amide bonds. The second-order valence-corrected chi connectivity index (χ2v) is 4.22. The van der Waals surface area contributed by atoms with Crippen LogP contribution in [0.2, 0.25) is 0 Å². The van der Waals surface area contributed by atoms with Gasteiger partial charge >= 0.3 is 6.18 Å². The molecule has 0 N–H and O–H groups in total. The molecule has 0 fully saturated rings. The van der Waals surface area contributed by atoms with E-state index in [1.807, 2.05) is 0 Å². The molecule has 0 unspecified atom stereocenters. The van der Waals surface area contributed by atoms with Crippen LogP contribution in [0.1, 0.15) is 31.9 Å². The van der Waals surface area contributed by atoms with Crippen molar-refractivity contribution in [3.8, 4) is 0 Å². The topological polar surface area (TPSA) is 0 Å². The van der Waals surface area contributed by atoms with E-state index in [-0.39, 0.29) is 0 Å². The second-order valence-electron chi connectivity index (χ2n) is 4.22. The van der Waals surface area contributed by atoms with Crippen molar-refractivity contribution in [2.45, 2.75) is 32.4 Å². The van der Waals surface area contributed by atoms with Crippen LogP contribution >= 0.6 is 0 Å². The maximum absolute atomic E-state index is 12.6. The highest BCUT2D eigenvalue weighted by atomic mass is 19.4. The third-order valence-corrected chi connectivity index (χ3v) is 1.98. The zero-order chi connectivity index (χ0) is 11.0. The van der Waals surface area contributed by atoms with Crippen LogP contribution in [0.15, 0.2) is 18.2 Å². The fourth-order valence-electron chi connectivity index (χ4n) is 1.32. The Morgan fingerprint density at radius 2 is 1.64 bits per heavy atom. The van der Waals surface area contributed by atoms with Gasteiger partial charge in [-0.15, -0.1) is 0 Å². The molecule has 0 nitrogen and oxygen atoms in total. The number of halogens is 3. The van der Waals surface area contributed by atoms with E-state index in [4.69, 9.17) is 0 Å². The lowest BCUT2D eigenvalue weighted by Gasteiger charge is -2.23. The van der Waals surface area contributed by atoms with Crippen molar-refractivity contribution in [3.05, 3.63) is 35.4 Å². The smallest absolute Gasteiger partial charge is 0.166 e. The van der Waals surface area contributed by atoms with Crippen molar-refractivity contribution in [3.63, 3.8) is 0 Å². The van der Waals surface area contributed by atoms with Gasteiger partial charge in [0.2, 0.25) is 0 Å². The van der Waals surface area contributed by atoms with E-state index < -0.39 is 17.2 Å². The number of hydrogen-bond donors (Lipinski definition) is 0. The minimum atomic E-state index is -4.29. The molecule has 1 rings (SSSR count). The van der Waals surface area contributed by atoms with Gasteiger partial charge in [0.25, 0.3) is 0 Å². The number of rotatable bonds is 0. The molecule has 0 bridgehead atoms. The second kappa shape index (κ2) is 3.30. The lowest BCUT2D eigenvalue weighted by atomic mass is 9.83. The van der Waals surface area contributed by atoms with Gasteiger partial charge in [-0.1, -0.05) is 32.9 Å². The zero-order valence-electron chi connectivity index (χ0n) is 8.37. The summed E-state index contributed by atoms with van der Waals surface area (Å²) in [6.45, 7) is 5.28. The molecule has 3 heteroatoms. The van der Waals surface area contributed by atoms with Gasteiger partial charge in [0.1, 0.15) is 0 Å². The Balaban J connectivity index is 3.31. The van der Waals surface area contributed by atoms with Gasteiger partial charge in [0.15, 0.2) is 0 Å². The summed E-state index contributed by atoms with van der Waals surface area (Å²) < 4.78 is 37.7. The third kappa shape index (κ3) is 2.28. The third-order valence-electron chi connectivity index (χ3n) is 1.98. The first-order chi connectivity index (χ1) is 6.23. The molecule has 1 aromatic carbocycles. The number of benzene rings is 1. The fraction of sp³-hybridized carbons (Fsp3) is 0.455. The van der Waals surface area contributed by atoms with E-state index >= 15 is 0 Å². The first-order valence-corrected chi connectivity index (χ1v) is 4.30. The highest BCUT2D eigenvalue weighted by Gasteiger charge is 2.35. The summed E-state index contributed by atoms with van der Waals surface area (Å²) in [5, 5.41) is 0. The molecular weight excluding hydrogens is 189 g/mol. The van der Waals surface area contributed by atoms with E-state index in [9.17, 15) is 13.2 Å². The average Bonchev–Trinajstić information content (AvgIpc) is 2.01. The van der Waals surface area contributed by atoms with E-state index in [1.54, 1.807) is 20.8 Å². The minimum absolute atomic E-state index is 0.309. The molecule has 0 heterocycles. The molecule has 0 aromatic heterocycles. The van der Waals surface area contributed by atoms with Crippen LogP contribution in [0.3, 0.4) is 0 Å². The first kappa shape index (κ1) is 11.1. The number of alkyl halides is 3. The van der Waals surface area contributed by atoms with Gasteiger partial charge < -0.3 is 0 Å². The van der Waals surface area contributed by atoms with Crippen molar-refractivity contribution < 1.29 is 13.2 Å². The largest absolute Gasteiger partial charge is 0.416 e. The van der Waals surface area contributed by atoms with Crippen molar-refractivity contribution in [1.29, 1.82) is 0 Å². The Labute approximate surface area is 81.8 Å². The standard InChI is InChI=1S/C11H12F3/c1-10(2,3)8-6-4-5-7-9(8)11(12,13)14/h4,6-7H,1-3H3. The maximum atomic E-state index is 12.6. The lowest BCUT2D eigenvalue weighted by Crippen LogP contribution is -2.19. The van der Waals surface area contributed by atoms with Crippen molar-refractivity contribution >= 4 is 0 Å². The zero-order valence-corrected chi connectivity index (χ0v) is 8.37. The van der Waals surface area contributed by atoms with Crippen LogP contribution in [0.25, 0.3) is 0 Å². The van der Waals surface area contributed by atoms with Crippen LogP contribution < -0.4 is 0 Å². The predicted octanol–water partition coefficient (Wildman–Crippen LogP) is 3.80. The molecule has 1 radical (unpaired) electrons. The highest BCUT2D eigenvalue weighted by molar-refractivity contribution is 5.34. The minimum Gasteiger partial charge on any atom is -0.166 e. The summed E-state index contributed by atoms with van der Waals surface area (Å²) >= 11 is 0. The number of hydrogen-bond acceptors (Lipinski definition) is 0. The van der Waals surface area contributed by atoms with Crippen LogP contribution in [-0.2, 0) is 11.6 Å². The van der Waals surface area contributed by atoms with Gasteiger partial charge in [-0.05, 0) is 23.1 Å².